The summed E-state index contributed by atoms with van der Waals surface area (Å²) in [7, 11) is 0. The van der Waals surface area contributed by atoms with Gasteiger partial charge < -0.3 is 4.90 Å². The molecule has 0 radical (unpaired) electrons. The van der Waals surface area contributed by atoms with E-state index in [2.05, 4.69) is 219 Å². The SMILES string of the molecule is C/C=C\C(=C/C1=CC=C(c2nc(C)nc3ccccc23)CC1)c1ccccc1.C=C1/C=C\C=C/N(C2=CC=CCC2)c2cccc(-c3ccc(-c4ccccc4C)c(C)c3)c21.CC.CC. The molecule has 3 heteroatoms. The fourth-order valence-corrected chi connectivity index (χ4v) is 8.49. The number of aryl methyl sites for hydroxylation is 3. The third-order valence-corrected chi connectivity index (χ3v) is 11.5. The molecule has 0 atom stereocenters. The Balaban J connectivity index is 0.000000203. The Kier molecular flexibility index (Phi) is 17.2. The van der Waals surface area contributed by atoms with Crippen LogP contribution >= 0.6 is 0 Å². The van der Waals surface area contributed by atoms with E-state index in [1.807, 2.05) is 40.7 Å². The molecule has 0 spiro atoms. The number of hydrogen-bond acceptors (Lipinski definition) is 3. The van der Waals surface area contributed by atoms with Gasteiger partial charge in [0, 0.05) is 22.8 Å². The Morgan fingerprint density at radius 1 is 0.662 bits per heavy atom. The fraction of sp³-hybridized carbons (Fsp3) is 0.194. The predicted molar refractivity (Wildman–Crippen MR) is 285 cm³/mol. The Bertz CT molecular complexity index is 2850. The van der Waals surface area contributed by atoms with Crippen LogP contribution in [0.3, 0.4) is 0 Å². The van der Waals surface area contributed by atoms with Crippen molar-refractivity contribution in [3.05, 3.63) is 240 Å². The molecule has 5 aromatic carbocycles. The molecule has 2 aliphatic carbocycles. The molecule has 328 valence electrons. The summed E-state index contributed by atoms with van der Waals surface area (Å²) >= 11 is 0. The van der Waals surface area contributed by atoms with Gasteiger partial charge in [0.05, 0.1) is 16.9 Å². The molecule has 0 bridgehead atoms. The van der Waals surface area contributed by atoms with Crippen molar-refractivity contribution in [3.8, 4) is 22.3 Å². The molecular weight excluding hydrogens is 787 g/mol. The van der Waals surface area contributed by atoms with Crippen molar-refractivity contribution in [1.29, 1.82) is 0 Å². The first-order valence-electron chi connectivity index (χ1n) is 23.4. The highest BCUT2D eigenvalue weighted by atomic mass is 15.1. The average molecular weight is 852 g/mol. The zero-order valence-electron chi connectivity index (χ0n) is 39.8. The van der Waals surface area contributed by atoms with Gasteiger partial charge in [0.2, 0.25) is 0 Å². The lowest BCUT2D eigenvalue weighted by Gasteiger charge is -2.29. The first kappa shape index (κ1) is 47.4. The van der Waals surface area contributed by atoms with E-state index in [1.165, 1.54) is 72.6 Å². The Morgan fingerprint density at radius 3 is 2.12 bits per heavy atom. The smallest absolute Gasteiger partial charge is 0.126 e. The second-order valence-electron chi connectivity index (χ2n) is 15.8. The molecule has 9 rings (SSSR count). The van der Waals surface area contributed by atoms with Crippen LogP contribution in [0.5, 0.6) is 0 Å². The van der Waals surface area contributed by atoms with Crippen molar-refractivity contribution in [2.24, 2.45) is 0 Å². The number of nitrogens with zero attached hydrogens (tertiary/aromatic N) is 3. The van der Waals surface area contributed by atoms with E-state index in [0.29, 0.717) is 0 Å². The van der Waals surface area contributed by atoms with Gasteiger partial charge in [-0.25, -0.2) is 9.97 Å². The maximum absolute atomic E-state index is 4.75. The van der Waals surface area contributed by atoms with Crippen LogP contribution in [0.4, 0.5) is 5.69 Å². The van der Waals surface area contributed by atoms with Gasteiger partial charge in [0.15, 0.2) is 0 Å². The van der Waals surface area contributed by atoms with E-state index in [-0.39, 0.29) is 0 Å². The molecule has 3 aliphatic rings. The molecule has 2 heterocycles. The number of anilines is 1. The summed E-state index contributed by atoms with van der Waals surface area (Å²) in [6.07, 6.45) is 30.2. The van der Waals surface area contributed by atoms with E-state index in [1.54, 1.807) is 0 Å². The van der Waals surface area contributed by atoms with Crippen LogP contribution in [0.2, 0.25) is 0 Å². The fourth-order valence-electron chi connectivity index (χ4n) is 8.49. The predicted octanol–water partition coefficient (Wildman–Crippen LogP) is 17.5. The summed E-state index contributed by atoms with van der Waals surface area (Å²) in [4.78, 5) is 11.6. The second-order valence-corrected chi connectivity index (χ2v) is 15.8. The zero-order valence-corrected chi connectivity index (χ0v) is 39.8. The summed E-state index contributed by atoms with van der Waals surface area (Å²) in [5.74, 6) is 0.823. The van der Waals surface area contributed by atoms with Gasteiger partial charge in [0.25, 0.3) is 0 Å². The number of hydrogen-bond donors (Lipinski definition) is 0. The third-order valence-electron chi connectivity index (χ3n) is 11.5. The lowest BCUT2D eigenvalue weighted by Crippen LogP contribution is -2.18. The minimum Gasteiger partial charge on any atom is -0.320 e. The van der Waals surface area contributed by atoms with Gasteiger partial charge >= 0.3 is 0 Å². The van der Waals surface area contributed by atoms with Gasteiger partial charge in [-0.05, 0) is 139 Å². The maximum Gasteiger partial charge on any atom is 0.126 e. The van der Waals surface area contributed by atoms with Crippen LogP contribution in [0.15, 0.2) is 206 Å². The highest BCUT2D eigenvalue weighted by Crippen LogP contribution is 2.41. The van der Waals surface area contributed by atoms with Gasteiger partial charge in [-0.15, -0.1) is 0 Å². The summed E-state index contributed by atoms with van der Waals surface area (Å²) in [6.45, 7) is 20.9. The van der Waals surface area contributed by atoms with E-state index in [0.717, 1.165) is 53.7 Å². The number of benzene rings is 5. The number of para-hydroxylation sites is 1. The van der Waals surface area contributed by atoms with Crippen molar-refractivity contribution in [2.75, 3.05) is 4.90 Å². The van der Waals surface area contributed by atoms with Crippen molar-refractivity contribution in [1.82, 2.24) is 9.97 Å². The topological polar surface area (TPSA) is 29.0 Å². The maximum atomic E-state index is 4.75. The number of aromatic nitrogens is 2. The summed E-state index contributed by atoms with van der Waals surface area (Å²) < 4.78 is 0. The largest absolute Gasteiger partial charge is 0.320 e. The summed E-state index contributed by atoms with van der Waals surface area (Å²) in [5.41, 5.74) is 19.5. The van der Waals surface area contributed by atoms with Gasteiger partial charge in [-0.3, -0.25) is 0 Å². The molecule has 3 nitrogen and oxygen atoms in total. The van der Waals surface area contributed by atoms with Crippen LogP contribution < -0.4 is 4.90 Å². The summed E-state index contributed by atoms with van der Waals surface area (Å²) in [6, 6.07) is 40.8. The monoisotopic (exact) mass is 852 g/mol. The van der Waals surface area contributed by atoms with Crippen molar-refractivity contribution in [3.63, 3.8) is 0 Å². The van der Waals surface area contributed by atoms with Crippen LogP contribution in [-0.4, -0.2) is 9.97 Å². The Labute approximate surface area is 389 Å². The molecule has 0 saturated carbocycles. The van der Waals surface area contributed by atoms with E-state index in [9.17, 15) is 0 Å². The molecule has 0 saturated heterocycles. The lowest BCUT2D eigenvalue weighted by atomic mass is 9.89. The van der Waals surface area contributed by atoms with Crippen molar-refractivity contribution < 1.29 is 0 Å². The molecule has 0 amide bonds. The molecule has 1 aromatic heterocycles. The minimum absolute atomic E-state index is 0.823. The van der Waals surface area contributed by atoms with Gasteiger partial charge in [0.1, 0.15) is 5.82 Å². The van der Waals surface area contributed by atoms with E-state index < -0.39 is 0 Å². The van der Waals surface area contributed by atoms with E-state index >= 15 is 0 Å². The zero-order chi connectivity index (χ0) is 46.1. The molecule has 0 fully saturated rings. The van der Waals surface area contributed by atoms with Gasteiger partial charge in [-0.1, -0.05) is 192 Å². The van der Waals surface area contributed by atoms with Gasteiger partial charge in [-0.2, -0.15) is 0 Å². The average Bonchev–Trinajstić information content (AvgIpc) is 3.35. The van der Waals surface area contributed by atoms with Crippen LogP contribution in [0, 0.1) is 20.8 Å². The van der Waals surface area contributed by atoms with E-state index in [4.69, 9.17) is 4.98 Å². The molecule has 1 aliphatic heterocycles. The minimum atomic E-state index is 0.823. The Hall–Kier alpha value is -7.10. The number of allylic oxidation sites excluding steroid dienone is 16. The molecule has 65 heavy (non-hydrogen) atoms. The van der Waals surface area contributed by atoms with Crippen LogP contribution in [-0.2, 0) is 0 Å². The first-order valence-corrected chi connectivity index (χ1v) is 23.4. The quantitative estimate of drug-likeness (QED) is 0.150. The molecule has 0 unspecified atom stereocenters. The summed E-state index contributed by atoms with van der Waals surface area (Å²) in [5, 5.41) is 1.13. The van der Waals surface area contributed by atoms with Crippen molar-refractivity contribution in [2.45, 2.75) is 81.1 Å². The first-order chi connectivity index (χ1) is 31.9. The molecule has 6 aromatic rings. The van der Waals surface area contributed by atoms with Crippen LogP contribution in [0.1, 0.15) is 94.1 Å². The highest BCUT2D eigenvalue weighted by molar-refractivity contribution is 5.94. The Morgan fingerprint density at radius 2 is 1.40 bits per heavy atom. The molecule has 0 N–H and O–H groups in total. The number of fused-ring (bicyclic) bond motifs is 2. The number of rotatable bonds is 7. The lowest BCUT2D eigenvalue weighted by molar-refractivity contribution is 0.913. The highest BCUT2D eigenvalue weighted by Gasteiger charge is 2.20. The molecular formula is C62H65N3. The normalized spacial score (nSPS) is 15.3. The van der Waals surface area contributed by atoms with Crippen molar-refractivity contribution >= 4 is 33.3 Å². The third kappa shape index (κ3) is 11.5. The van der Waals surface area contributed by atoms with Crippen LogP contribution in [0.25, 0.3) is 49.9 Å². The standard InChI is InChI=1S/C32H29N.C26H24N2.2C2H6/c1-23-12-7-8-16-28(23)29-20-19-26(22-25(29)3)30-17-11-18-31-32(30)24(2)13-9-10-21-33(31)27-14-5-4-6-15-27;1-3-9-23(21-10-5-4-6-11-21)18-20-14-16-22(17-15-20)26-24-12-7-8-13-25(24)27-19(2)28-26;2*1-2/h4-5,7-14,16-22H,2,6,15H2,1,3H3;3-14,16,18H,15,17H2,1-2H3;2*1-2H3/b13-9-,21-10-;9-3-,23-18+;;. The second kappa shape index (κ2) is 23.5.